The molecule has 0 saturated carbocycles. The van der Waals surface area contributed by atoms with Crippen molar-refractivity contribution < 1.29 is 13.5 Å². The van der Waals surface area contributed by atoms with Crippen LogP contribution in [0.5, 0.6) is 5.75 Å². The van der Waals surface area contributed by atoms with Crippen molar-refractivity contribution in [2.45, 2.75) is 0 Å². The zero-order valence-electron chi connectivity index (χ0n) is 10.8. The predicted octanol–water partition coefficient (Wildman–Crippen LogP) is 4.74. The highest BCUT2D eigenvalue weighted by Gasteiger charge is 2.15. The molecule has 1 heterocycles. The molecule has 0 radical (unpaired) electrons. The maximum Gasteiger partial charge on any atom is 0.182 e. The molecule has 1 N–H and O–H groups in total. The Hall–Kier alpha value is -1.73. The third-order valence-electron chi connectivity index (χ3n) is 3.13. The van der Waals surface area contributed by atoms with Crippen LogP contribution < -0.4 is 4.74 Å². The van der Waals surface area contributed by atoms with Gasteiger partial charge in [0.15, 0.2) is 4.77 Å². The standard InChI is InChI=1S/C14H9BrF2N2OS/c1-20-12-4-2-3-10-13(12)18-14(21)19(10)11-5-7(15)8(16)6-9(11)17/h2-6H,1H3,(H,18,21). The van der Waals surface area contributed by atoms with Crippen molar-refractivity contribution in [1.82, 2.24) is 9.55 Å². The van der Waals surface area contributed by atoms with E-state index in [2.05, 4.69) is 20.9 Å². The Morgan fingerprint density at radius 1 is 1.24 bits per heavy atom. The average molecular weight is 371 g/mol. The van der Waals surface area contributed by atoms with E-state index in [4.69, 9.17) is 17.0 Å². The predicted molar refractivity (Wildman–Crippen MR) is 82.6 cm³/mol. The minimum Gasteiger partial charge on any atom is -0.494 e. The minimum absolute atomic E-state index is 0.160. The minimum atomic E-state index is -0.699. The molecule has 3 nitrogen and oxygen atoms in total. The van der Waals surface area contributed by atoms with E-state index in [1.807, 2.05) is 0 Å². The van der Waals surface area contributed by atoms with Crippen LogP contribution in [-0.2, 0) is 0 Å². The number of hydrogen-bond donors (Lipinski definition) is 1. The van der Waals surface area contributed by atoms with Crippen LogP contribution in [0.4, 0.5) is 8.78 Å². The second-order valence-corrected chi connectivity index (χ2v) is 5.58. The van der Waals surface area contributed by atoms with Gasteiger partial charge in [-0.3, -0.25) is 4.57 Å². The largest absolute Gasteiger partial charge is 0.494 e. The lowest BCUT2D eigenvalue weighted by atomic mass is 10.2. The summed E-state index contributed by atoms with van der Waals surface area (Å²) in [7, 11) is 1.54. The summed E-state index contributed by atoms with van der Waals surface area (Å²) in [6.45, 7) is 0. The number of para-hydroxylation sites is 1. The molecule has 0 aliphatic rings. The molecule has 1 aromatic heterocycles. The number of nitrogens with one attached hydrogen (secondary N) is 1. The number of imidazole rings is 1. The van der Waals surface area contributed by atoms with Gasteiger partial charge in [-0.15, -0.1) is 0 Å². The highest BCUT2D eigenvalue weighted by Crippen LogP contribution is 2.30. The van der Waals surface area contributed by atoms with Gasteiger partial charge in [-0.25, -0.2) is 8.78 Å². The fraction of sp³-hybridized carbons (Fsp3) is 0.0714. The molecular formula is C14H9BrF2N2OS. The lowest BCUT2D eigenvalue weighted by Crippen LogP contribution is -1.99. The molecule has 3 aromatic rings. The normalized spacial score (nSPS) is 11.0. The van der Waals surface area contributed by atoms with Crippen molar-refractivity contribution >= 4 is 39.2 Å². The summed E-state index contributed by atoms with van der Waals surface area (Å²) in [6, 6.07) is 7.50. The third-order valence-corrected chi connectivity index (χ3v) is 4.02. The Morgan fingerprint density at radius 3 is 2.71 bits per heavy atom. The zero-order chi connectivity index (χ0) is 15.1. The van der Waals surface area contributed by atoms with E-state index < -0.39 is 11.6 Å². The van der Waals surface area contributed by atoms with Crippen LogP contribution in [0.1, 0.15) is 0 Å². The molecule has 0 unspecified atom stereocenters. The number of H-pyrrole nitrogens is 1. The van der Waals surface area contributed by atoms with Crippen LogP contribution in [0, 0.1) is 16.4 Å². The monoisotopic (exact) mass is 370 g/mol. The molecule has 2 aromatic carbocycles. The van der Waals surface area contributed by atoms with E-state index in [0.29, 0.717) is 21.6 Å². The lowest BCUT2D eigenvalue weighted by Gasteiger charge is -2.08. The van der Waals surface area contributed by atoms with Gasteiger partial charge < -0.3 is 9.72 Å². The van der Waals surface area contributed by atoms with Crippen LogP contribution in [-0.4, -0.2) is 16.7 Å². The Balaban J connectivity index is 2.39. The maximum absolute atomic E-state index is 14.1. The van der Waals surface area contributed by atoms with E-state index in [-0.39, 0.29) is 10.2 Å². The first-order valence-corrected chi connectivity index (χ1v) is 7.15. The number of aromatic nitrogens is 2. The molecule has 3 rings (SSSR count). The molecule has 108 valence electrons. The Bertz CT molecular complexity index is 904. The van der Waals surface area contributed by atoms with E-state index in [0.717, 1.165) is 6.07 Å². The van der Waals surface area contributed by atoms with E-state index in [1.54, 1.807) is 18.2 Å². The number of hydrogen-bond acceptors (Lipinski definition) is 2. The Labute approximate surface area is 132 Å². The number of aromatic amines is 1. The number of ether oxygens (including phenoxy) is 1. The van der Waals surface area contributed by atoms with Crippen molar-refractivity contribution in [3.8, 4) is 11.4 Å². The van der Waals surface area contributed by atoms with Gasteiger partial charge in [0.2, 0.25) is 0 Å². The first kappa shape index (κ1) is 14.2. The molecule has 0 aliphatic heterocycles. The molecule has 0 amide bonds. The lowest BCUT2D eigenvalue weighted by molar-refractivity contribution is 0.419. The molecule has 0 fully saturated rings. The number of halogens is 3. The number of methoxy groups -OCH3 is 1. The molecule has 0 bridgehead atoms. The smallest absolute Gasteiger partial charge is 0.182 e. The van der Waals surface area contributed by atoms with Crippen molar-refractivity contribution in [3.05, 3.63) is 51.2 Å². The molecule has 7 heteroatoms. The first-order chi connectivity index (χ1) is 10.0. The van der Waals surface area contributed by atoms with Crippen LogP contribution in [0.15, 0.2) is 34.8 Å². The molecule has 0 saturated heterocycles. The highest BCUT2D eigenvalue weighted by molar-refractivity contribution is 9.10. The number of fused-ring (bicyclic) bond motifs is 1. The van der Waals surface area contributed by atoms with Crippen molar-refractivity contribution in [1.29, 1.82) is 0 Å². The van der Waals surface area contributed by atoms with Crippen LogP contribution >= 0.6 is 28.1 Å². The van der Waals surface area contributed by atoms with Gasteiger partial charge in [-0.05, 0) is 46.3 Å². The van der Waals surface area contributed by atoms with Gasteiger partial charge in [0.05, 0.1) is 22.8 Å². The summed E-state index contributed by atoms with van der Waals surface area (Å²) in [6.07, 6.45) is 0. The van der Waals surface area contributed by atoms with Crippen LogP contribution in [0.3, 0.4) is 0 Å². The van der Waals surface area contributed by atoms with Crippen LogP contribution in [0.2, 0.25) is 0 Å². The molecule has 21 heavy (non-hydrogen) atoms. The summed E-state index contributed by atoms with van der Waals surface area (Å²) in [5.74, 6) is -0.769. The number of rotatable bonds is 2. The molecular weight excluding hydrogens is 362 g/mol. The number of benzene rings is 2. The quantitative estimate of drug-likeness (QED) is 0.521. The summed E-state index contributed by atoms with van der Waals surface area (Å²) in [5.41, 5.74) is 1.47. The topological polar surface area (TPSA) is 29.9 Å². The van der Waals surface area contributed by atoms with Gasteiger partial charge in [-0.2, -0.15) is 0 Å². The summed E-state index contributed by atoms with van der Waals surface area (Å²) in [4.78, 5) is 2.98. The first-order valence-electron chi connectivity index (χ1n) is 5.95. The van der Waals surface area contributed by atoms with Crippen molar-refractivity contribution in [2.75, 3.05) is 7.11 Å². The van der Waals surface area contributed by atoms with E-state index >= 15 is 0 Å². The third kappa shape index (κ3) is 2.26. The van der Waals surface area contributed by atoms with Crippen molar-refractivity contribution in [3.63, 3.8) is 0 Å². The average Bonchev–Trinajstić information content (AvgIpc) is 2.79. The van der Waals surface area contributed by atoms with E-state index in [9.17, 15) is 8.78 Å². The summed E-state index contributed by atoms with van der Waals surface area (Å²) in [5, 5.41) is 0. The molecule has 0 aliphatic carbocycles. The van der Waals surface area contributed by atoms with Crippen molar-refractivity contribution in [2.24, 2.45) is 0 Å². The van der Waals surface area contributed by atoms with Crippen LogP contribution in [0.25, 0.3) is 16.7 Å². The Kier molecular flexibility index (Phi) is 3.54. The zero-order valence-corrected chi connectivity index (χ0v) is 13.2. The second-order valence-electron chi connectivity index (χ2n) is 4.34. The second kappa shape index (κ2) is 5.23. The summed E-state index contributed by atoms with van der Waals surface area (Å²) < 4.78 is 34.7. The number of nitrogens with zero attached hydrogens (tertiary/aromatic N) is 1. The van der Waals surface area contributed by atoms with Gasteiger partial charge in [0.1, 0.15) is 22.9 Å². The fourth-order valence-corrected chi connectivity index (χ4v) is 2.83. The Morgan fingerprint density at radius 2 is 2.00 bits per heavy atom. The highest BCUT2D eigenvalue weighted by atomic mass is 79.9. The molecule has 0 spiro atoms. The maximum atomic E-state index is 14.1. The van der Waals surface area contributed by atoms with Gasteiger partial charge in [0, 0.05) is 6.07 Å². The van der Waals surface area contributed by atoms with Gasteiger partial charge in [0.25, 0.3) is 0 Å². The molecule has 0 atom stereocenters. The van der Waals surface area contributed by atoms with Gasteiger partial charge in [-0.1, -0.05) is 6.07 Å². The fourth-order valence-electron chi connectivity index (χ4n) is 2.20. The summed E-state index contributed by atoms with van der Waals surface area (Å²) >= 11 is 8.31. The van der Waals surface area contributed by atoms with Gasteiger partial charge >= 0.3 is 0 Å². The SMILES string of the molecule is COc1cccc2c1[nH]c(=S)n2-c1cc(Br)c(F)cc1F. The van der Waals surface area contributed by atoms with E-state index in [1.165, 1.54) is 17.7 Å².